The number of piperidine rings is 1. The molecule has 2 N–H and O–H groups in total. The zero-order valence-corrected chi connectivity index (χ0v) is 19.6. The normalized spacial score (nSPS) is 17.2. The second-order valence-corrected chi connectivity index (χ2v) is 9.65. The Morgan fingerprint density at radius 2 is 2.00 bits per heavy atom. The van der Waals surface area contributed by atoms with E-state index in [1.807, 2.05) is 42.5 Å². The monoisotopic (exact) mass is 455 g/mol. The van der Waals surface area contributed by atoms with Gasteiger partial charge in [-0.2, -0.15) is 0 Å². The minimum absolute atomic E-state index is 0.0432. The number of carbonyl (C=O) groups is 1. The number of likely N-dealkylation sites (tertiary alicyclic amines) is 1. The fourth-order valence-electron chi connectivity index (χ4n) is 4.39. The van der Waals surface area contributed by atoms with Crippen LogP contribution < -0.4 is 5.32 Å². The van der Waals surface area contributed by atoms with E-state index in [-0.39, 0.29) is 5.91 Å². The van der Waals surface area contributed by atoms with Crippen LogP contribution in [-0.4, -0.2) is 41.5 Å². The number of halogens is 1. The highest BCUT2D eigenvalue weighted by Crippen LogP contribution is 2.37. The van der Waals surface area contributed by atoms with Gasteiger partial charge in [-0.25, -0.2) is 0 Å². The lowest BCUT2D eigenvalue weighted by Gasteiger charge is -2.35. The van der Waals surface area contributed by atoms with Crippen LogP contribution in [0.15, 0.2) is 58.3 Å². The first-order valence-electron chi connectivity index (χ1n) is 11.2. The molecule has 1 aromatic heterocycles. The molecule has 1 fully saturated rings. The molecule has 1 aliphatic rings. The summed E-state index contributed by atoms with van der Waals surface area (Å²) in [5.41, 5.74) is 1.61. The second kappa shape index (κ2) is 10.6. The number of hydrogen-bond acceptors (Lipinski definition) is 3. The number of nitrogens with zero attached hydrogens (tertiary/aromatic N) is 1. The van der Waals surface area contributed by atoms with Crippen LogP contribution in [0.2, 0.25) is 5.02 Å². The van der Waals surface area contributed by atoms with E-state index in [1.165, 1.54) is 32.2 Å². The van der Waals surface area contributed by atoms with Crippen LogP contribution >= 0.6 is 23.4 Å². The number of nitrogens with one attached hydrogen (secondary N) is 2. The Bertz CT molecular complexity index is 1020. The average Bonchev–Trinajstić information content (AvgIpc) is 3.17. The zero-order valence-electron chi connectivity index (χ0n) is 18.0. The van der Waals surface area contributed by atoms with E-state index in [0.29, 0.717) is 23.3 Å². The lowest BCUT2D eigenvalue weighted by Crippen LogP contribution is -2.40. The maximum Gasteiger partial charge on any atom is 0.268 e. The molecule has 1 aliphatic heterocycles. The van der Waals surface area contributed by atoms with Crippen LogP contribution in [0.25, 0.3) is 10.9 Å². The smallest absolute Gasteiger partial charge is 0.268 e. The van der Waals surface area contributed by atoms with Gasteiger partial charge < -0.3 is 15.2 Å². The Labute approximate surface area is 193 Å². The van der Waals surface area contributed by atoms with Gasteiger partial charge in [0.2, 0.25) is 0 Å². The molecule has 0 radical (unpaired) electrons. The minimum Gasteiger partial charge on any atom is -0.351 e. The third kappa shape index (κ3) is 5.46. The molecule has 31 heavy (non-hydrogen) atoms. The van der Waals surface area contributed by atoms with Gasteiger partial charge in [0.1, 0.15) is 5.69 Å². The molecular weight excluding hydrogens is 426 g/mol. The Kier molecular flexibility index (Phi) is 7.59. The summed E-state index contributed by atoms with van der Waals surface area (Å²) in [5.74, 6) is -0.0432. The number of para-hydroxylation sites is 1. The number of fused-ring (bicyclic) bond motifs is 1. The highest BCUT2D eigenvalue weighted by atomic mass is 35.5. The molecule has 0 unspecified atom stereocenters. The van der Waals surface area contributed by atoms with Gasteiger partial charge in [-0.1, -0.05) is 54.9 Å². The van der Waals surface area contributed by atoms with E-state index < -0.39 is 0 Å². The highest BCUT2D eigenvalue weighted by Gasteiger charge is 2.21. The van der Waals surface area contributed by atoms with Crippen LogP contribution in [0, 0.1) is 0 Å². The fourth-order valence-corrected chi connectivity index (χ4v) is 5.56. The van der Waals surface area contributed by atoms with E-state index in [4.69, 9.17) is 11.6 Å². The van der Waals surface area contributed by atoms with Crippen LogP contribution in [0.3, 0.4) is 0 Å². The van der Waals surface area contributed by atoms with Crippen molar-refractivity contribution in [2.24, 2.45) is 0 Å². The molecule has 0 bridgehead atoms. The lowest BCUT2D eigenvalue weighted by molar-refractivity contribution is 0.0940. The number of hydrogen-bond donors (Lipinski definition) is 2. The average molecular weight is 456 g/mol. The summed E-state index contributed by atoms with van der Waals surface area (Å²) < 4.78 is 0. The van der Waals surface area contributed by atoms with Crippen molar-refractivity contribution in [3.8, 4) is 0 Å². The number of H-pyrrole nitrogens is 1. The minimum atomic E-state index is -0.0432. The van der Waals surface area contributed by atoms with Crippen molar-refractivity contribution in [2.45, 2.75) is 54.9 Å². The lowest BCUT2D eigenvalue weighted by atomic mass is 10.00. The van der Waals surface area contributed by atoms with Gasteiger partial charge >= 0.3 is 0 Å². The summed E-state index contributed by atoms with van der Waals surface area (Å²) in [7, 11) is 0. The van der Waals surface area contributed by atoms with E-state index in [1.54, 1.807) is 11.8 Å². The molecule has 0 spiro atoms. The van der Waals surface area contributed by atoms with Gasteiger partial charge in [-0.3, -0.25) is 4.79 Å². The third-order valence-electron chi connectivity index (χ3n) is 6.05. The molecule has 1 amide bonds. The van der Waals surface area contributed by atoms with Gasteiger partial charge in [0.15, 0.2) is 0 Å². The van der Waals surface area contributed by atoms with Crippen LogP contribution in [0.1, 0.15) is 49.5 Å². The van der Waals surface area contributed by atoms with Crippen molar-refractivity contribution in [3.05, 3.63) is 59.2 Å². The maximum atomic E-state index is 13.1. The first-order valence-corrected chi connectivity index (χ1v) is 12.4. The molecule has 2 aromatic carbocycles. The summed E-state index contributed by atoms with van der Waals surface area (Å²) in [5, 5.41) is 4.91. The van der Waals surface area contributed by atoms with Gasteiger partial charge in [0.05, 0.1) is 4.90 Å². The van der Waals surface area contributed by atoms with Crippen LogP contribution in [0.4, 0.5) is 0 Å². The van der Waals surface area contributed by atoms with Crippen LogP contribution in [0.5, 0.6) is 0 Å². The van der Waals surface area contributed by atoms with Crippen molar-refractivity contribution in [2.75, 3.05) is 19.6 Å². The molecule has 6 heteroatoms. The molecule has 1 saturated heterocycles. The Morgan fingerprint density at radius 1 is 1.19 bits per heavy atom. The zero-order chi connectivity index (χ0) is 21.6. The molecule has 0 saturated carbocycles. The SMILES string of the molecule is CC[C@@H]1CCCCN1CCCNC(=O)c1[nH]c2ccccc2c1Sc1ccc(Cl)cc1. The van der Waals surface area contributed by atoms with Crippen molar-refractivity contribution in [3.63, 3.8) is 0 Å². The fraction of sp³-hybridized carbons (Fsp3) is 0.400. The van der Waals surface area contributed by atoms with Gasteiger partial charge in [0.25, 0.3) is 5.91 Å². The second-order valence-electron chi connectivity index (χ2n) is 8.13. The Balaban J connectivity index is 1.43. The summed E-state index contributed by atoms with van der Waals surface area (Å²) >= 11 is 7.63. The first-order chi connectivity index (χ1) is 15.2. The number of aromatic nitrogens is 1. The van der Waals surface area contributed by atoms with Gasteiger partial charge in [-0.15, -0.1) is 0 Å². The molecular formula is C25H30ClN3OS. The molecule has 0 aliphatic carbocycles. The van der Waals surface area contributed by atoms with Crippen LogP contribution in [-0.2, 0) is 0 Å². The number of amides is 1. The maximum absolute atomic E-state index is 13.1. The van der Waals surface area contributed by atoms with Crippen molar-refractivity contribution in [1.29, 1.82) is 0 Å². The molecule has 3 aromatic rings. The standard InChI is InChI=1S/C25H30ClN3OS/c1-2-19-8-5-6-16-29(19)17-7-15-27-25(30)23-24(21-9-3-4-10-22(21)28-23)31-20-13-11-18(26)12-14-20/h3-4,9-14,19,28H,2,5-8,15-17H2,1H3,(H,27,30)/t19-/m1/s1. The third-order valence-corrected chi connectivity index (χ3v) is 7.44. The first kappa shape index (κ1) is 22.3. The van der Waals surface area contributed by atoms with E-state index >= 15 is 0 Å². The van der Waals surface area contributed by atoms with Gasteiger partial charge in [-0.05, 0) is 62.6 Å². The van der Waals surface area contributed by atoms with E-state index in [9.17, 15) is 4.79 Å². The van der Waals surface area contributed by atoms with Crippen molar-refractivity contribution >= 4 is 40.2 Å². The topological polar surface area (TPSA) is 48.1 Å². The van der Waals surface area contributed by atoms with Gasteiger partial charge in [0, 0.05) is 40.0 Å². The predicted octanol–water partition coefficient (Wildman–Crippen LogP) is 6.36. The van der Waals surface area contributed by atoms with Crippen molar-refractivity contribution < 1.29 is 4.79 Å². The quantitative estimate of drug-likeness (QED) is 0.388. The molecule has 2 heterocycles. The Morgan fingerprint density at radius 3 is 2.81 bits per heavy atom. The molecule has 4 rings (SSSR count). The number of aromatic amines is 1. The summed E-state index contributed by atoms with van der Waals surface area (Å²) in [6, 6.07) is 16.5. The van der Waals surface area contributed by atoms with Crippen molar-refractivity contribution in [1.82, 2.24) is 15.2 Å². The Hall–Kier alpha value is -1.95. The molecule has 164 valence electrons. The number of benzene rings is 2. The van der Waals surface area contributed by atoms with E-state index in [2.05, 4.69) is 28.2 Å². The summed E-state index contributed by atoms with van der Waals surface area (Å²) in [6.07, 6.45) is 6.14. The van der Waals surface area contributed by atoms with E-state index in [0.717, 1.165) is 33.7 Å². The number of rotatable bonds is 8. The predicted molar refractivity (Wildman–Crippen MR) is 130 cm³/mol. The molecule has 1 atom stereocenters. The number of carbonyl (C=O) groups excluding carboxylic acids is 1. The summed E-state index contributed by atoms with van der Waals surface area (Å²) in [6.45, 7) is 5.21. The highest BCUT2D eigenvalue weighted by molar-refractivity contribution is 7.99. The summed E-state index contributed by atoms with van der Waals surface area (Å²) in [4.78, 5) is 21.0. The largest absolute Gasteiger partial charge is 0.351 e. The molecule has 4 nitrogen and oxygen atoms in total.